The maximum atomic E-state index is 12.4. The molecular formula is C23H26N2O4. The highest BCUT2D eigenvalue weighted by Crippen LogP contribution is 2.27. The summed E-state index contributed by atoms with van der Waals surface area (Å²) < 4.78 is 10.5. The predicted octanol–water partition coefficient (Wildman–Crippen LogP) is 1.63. The third kappa shape index (κ3) is 4.65. The van der Waals surface area contributed by atoms with Crippen molar-refractivity contribution in [3.05, 3.63) is 57.6 Å². The van der Waals surface area contributed by atoms with Gasteiger partial charge in [-0.2, -0.15) is 0 Å². The van der Waals surface area contributed by atoms with Gasteiger partial charge in [-0.25, -0.2) is 4.99 Å². The van der Waals surface area contributed by atoms with Gasteiger partial charge in [-0.05, 0) is 54.3 Å². The number of amides is 2. The number of fused-ring (bicyclic) bond motifs is 1. The summed E-state index contributed by atoms with van der Waals surface area (Å²) in [6.07, 6.45) is 2.71. The molecule has 6 heteroatoms. The van der Waals surface area contributed by atoms with Gasteiger partial charge in [0.2, 0.25) is 5.91 Å². The minimum absolute atomic E-state index is 0.107. The zero-order valence-electron chi connectivity index (χ0n) is 17.2. The maximum Gasteiger partial charge on any atom is 0.253 e. The van der Waals surface area contributed by atoms with Crippen LogP contribution in [0.2, 0.25) is 0 Å². The van der Waals surface area contributed by atoms with Crippen LogP contribution in [0.3, 0.4) is 0 Å². The predicted molar refractivity (Wildman–Crippen MR) is 111 cm³/mol. The van der Waals surface area contributed by atoms with Gasteiger partial charge in [0.15, 0.2) is 11.5 Å². The van der Waals surface area contributed by atoms with Crippen LogP contribution in [0.25, 0.3) is 6.08 Å². The summed E-state index contributed by atoms with van der Waals surface area (Å²) in [7, 11) is 3.13. The van der Waals surface area contributed by atoms with Crippen LogP contribution in [0.15, 0.2) is 35.3 Å². The first-order valence-corrected chi connectivity index (χ1v) is 9.61. The van der Waals surface area contributed by atoms with E-state index in [1.807, 2.05) is 38.1 Å². The Morgan fingerprint density at radius 2 is 1.86 bits per heavy atom. The lowest BCUT2D eigenvalue weighted by Crippen LogP contribution is -2.37. The van der Waals surface area contributed by atoms with Gasteiger partial charge >= 0.3 is 0 Å². The standard InChI is InChI=1S/C23H26N2O4/c1-14-5-7-17-13-18(23(27)25-22(17)15(14)2)9-10-24-21(26)12-16-6-8-19(28-3)20(11-16)29-4/h5-8,11,13,18H,9-10,12H2,1-4H3,(H,24,26). The van der Waals surface area contributed by atoms with Crippen LogP contribution in [0, 0.1) is 19.8 Å². The quantitative estimate of drug-likeness (QED) is 0.774. The molecule has 1 aliphatic heterocycles. The van der Waals surface area contributed by atoms with Crippen molar-refractivity contribution in [1.29, 1.82) is 0 Å². The van der Waals surface area contributed by atoms with Crippen LogP contribution in [0.1, 0.15) is 23.1 Å². The molecule has 2 aromatic rings. The van der Waals surface area contributed by atoms with E-state index in [1.54, 1.807) is 26.4 Å². The van der Waals surface area contributed by atoms with E-state index >= 15 is 0 Å². The molecule has 0 fully saturated rings. The summed E-state index contributed by atoms with van der Waals surface area (Å²) in [5.74, 6) is 0.638. The van der Waals surface area contributed by atoms with E-state index in [0.717, 1.165) is 27.3 Å². The molecular weight excluding hydrogens is 368 g/mol. The Morgan fingerprint density at radius 1 is 1.10 bits per heavy atom. The molecule has 3 rings (SSSR count). The Labute approximate surface area is 170 Å². The summed E-state index contributed by atoms with van der Waals surface area (Å²) in [4.78, 5) is 28.9. The molecule has 0 saturated heterocycles. The molecule has 0 radical (unpaired) electrons. The highest BCUT2D eigenvalue weighted by atomic mass is 16.5. The van der Waals surface area contributed by atoms with E-state index in [0.29, 0.717) is 24.5 Å². The number of benzene rings is 2. The zero-order valence-corrected chi connectivity index (χ0v) is 17.2. The lowest BCUT2D eigenvalue weighted by atomic mass is 9.98. The lowest BCUT2D eigenvalue weighted by molar-refractivity contribution is -0.122. The number of hydrogen-bond acceptors (Lipinski definition) is 4. The van der Waals surface area contributed by atoms with Crippen molar-refractivity contribution in [3.8, 4) is 11.5 Å². The van der Waals surface area contributed by atoms with E-state index < -0.39 is 0 Å². The van der Waals surface area contributed by atoms with E-state index in [-0.39, 0.29) is 24.2 Å². The highest BCUT2D eigenvalue weighted by molar-refractivity contribution is 5.86. The minimum atomic E-state index is -0.314. The fourth-order valence-corrected chi connectivity index (χ4v) is 3.40. The van der Waals surface area contributed by atoms with Crippen molar-refractivity contribution >= 4 is 17.9 Å². The van der Waals surface area contributed by atoms with E-state index in [4.69, 9.17) is 9.47 Å². The molecule has 1 N–H and O–H groups in total. The number of hydrogen-bond donors (Lipinski definition) is 1. The summed E-state index contributed by atoms with van der Waals surface area (Å²) >= 11 is 0. The molecule has 0 bridgehead atoms. The van der Waals surface area contributed by atoms with Crippen molar-refractivity contribution in [2.24, 2.45) is 10.9 Å². The first kappa shape index (κ1) is 20.6. The first-order chi connectivity index (χ1) is 13.9. The molecule has 0 aliphatic carbocycles. The Balaban J connectivity index is 1.58. The van der Waals surface area contributed by atoms with Gasteiger partial charge in [0.05, 0.1) is 31.9 Å². The van der Waals surface area contributed by atoms with Gasteiger partial charge in [0, 0.05) is 6.54 Å². The van der Waals surface area contributed by atoms with Gasteiger partial charge in [-0.3, -0.25) is 9.59 Å². The van der Waals surface area contributed by atoms with Gasteiger partial charge < -0.3 is 14.8 Å². The number of nitrogens with one attached hydrogen (secondary N) is 1. The summed E-state index contributed by atoms with van der Waals surface area (Å²) in [6.45, 7) is 4.40. The van der Waals surface area contributed by atoms with Gasteiger partial charge in [-0.1, -0.05) is 24.3 Å². The number of aryl methyl sites for hydroxylation is 1. The zero-order chi connectivity index (χ0) is 21.0. The molecule has 1 heterocycles. The molecule has 152 valence electrons. The van der Waals surface area contributed by atoms with Crippen LogP contribution >= 0.6 is 0 Å². The molecule has 1 aliphatic rings. The van der Waals surface area contributed by atoms with Gasteiger partial charge in [0.25, 0.3) is 5.91 Å². The van der Waals surface area contributed by atoms with Crippen LogP contribution < -0.4 is 25.4 Å². The molecule has 0 aromatic heterocycles. The number of ether oxygens (including phenoxy) is 2. The third-order valence-electron chi connectivity index (χ3n) is 5.24. The molecule has 0 spiro atoms. The van der Waals surface area contributed by atoms with Crippen LogP contribution in [0.5, 0.6) is 11.5 Å². The normalized spacial score (nSPS) is 15.0. The Kier molecular flexibility index (Phi) is 6.32. The summed E-state index contributed by atoms with van der Waals surface area (Å²) in [5.41, 5.74) is 2.98. The fourth-order valence-electron chi connectivity index (χ4n) is 3.40. The number of rotatable bonds is 7. The van der Waals surface area contributed by atoms with Crippen molar-refractivity contribution < 1.29 is 19.1 Å². The monoisotopic (exact) mass is 394 g/mol. The molecule has 29 heavy (non-hydrogen) atoms. The second kappa shape index (κ2) is 8.90. The highest BCUT2D eigenvalue weighted by Gasteiger charge is 2.19. The Bertz CT molecular complexity index is 1060. The molecule has 2 aromatic carbocycles. The van der Waals surface area contributed by atoms with Crippen molar-refractivity contribution in [2.75, 3.05) is 20.8 Å². The SMILES string of the molecule is COc1ccc(CC(=O)NCCC2C=c3ccc(C)c(C)c3=NC2=O)cc1OC. The number of carbonyl (C=O) groups excluding carboxylic acids is 2. The molecule has 6 nitrogen and oxygen atoms in total. The van der Waals surface area contributed by atoms with Crippen LogP contribution in [-0.2, 0) is 16.0 Å². The molecule has 1 atom stereocenters. The third-order valence-corrected chi connectivity index (χ3v) is 5.24. The van der Waals surface area contributed by atoms with Gasteiger partial charge in [-0.15, -0.1) is 0 Å². The molecule has 0 saturated carbocycles. The van der Waals surface area contributed by atoms with Crippen LogP contribution in [0.4, 0.5) is 0 Å². The lowest BCUT2D eigenvalue weighted by Gasteiger charge is -2.14. The van der Waals surface area contributed by atoms with E-state index in [2.05, 4.69) is 10.3 Å². The average molecular weight is 394 g/mol. The first-order valence-electron chi connectivity index (χ1n) is 9.61. The second-order valence-corrected chi connectivity index (χ2v) is 7.17. The molecule has 2 amide bonds. The smallest absolute Gasteiger partial charge is 0.253 e. The van der Waals surface area contributed by atoms with Gasteiger partial charge in [0.1, 0.15) is 0 Å². The van der Waals surface area contributed by atoms with E-state index in [9.17, 15) is 9.59 Å². The van der Waals surface area contributed by atoms with Crippen molar-refractivity contribution in [3.63, 3.8) is 0 Å². The number of nitrogens with zero attached hydrogens (tertiary/aromatic N) is 1. The topological polar surface area (TPSA) is 77.0 Å². The maximum absolute atomic E-state index is 12.4. The van der Waals surface area contributed by atoms with Crippen molar-refractivity contribution in [1.82, 2.24) is 5.32 Å². The summed E-state index contributed by atoms with van der Waals surface area (Å²) in [5, 5.41) is 4.63. The summed E-state index contributed by atoms with van der Waals surface area (Å²) in [6, 6.07) is 9.43. The fraction of sp³-hybridized carbons (Fsp3) is 0.348. The number of carbonyl (C=O) groups is 2. The number of methoxy groups -OCH3 is 2. The Morgan fingerprint density at radius 3 is 2.59 bits per heavy atom. The minimum Gasteiger partial charge on any atom is -0.493 e. The second-order valence-electron chi connectivity index (χ2n) is 7.17. The largest absolute Gasteiger partial charge is 0.493 e. The van der Waals surface area contributed by atoms with E-state index in [1.165, 1.54) is 0 Å². The van der Waals surface area contributed by atoms with Crippen molar-refractivity contribution in [2.45, 2.75) is 26.7 Å². The Hall–Kier alpha value is -3.15. The average Bonchev–Trinajstić information content (AvgIpc) is 2.71. The van der Waals surface area contributed by atoms with Crippen LogP contribution in [-0.4, -0.2) is 32.6 Å². The molecule has 1 unspecified atom stereocenters.